The molecule has 0 aromatic carbocycles. The lowest BCUT2D eigenvalue weighted by molar-refractivity contribution is -0.122. The molecule has 1 aliphatic rings. The first-order valence-corrected chi connectivity index (χ1v) is 6.61. The van der Waals surface area contributed by atoms with Gasteiger partial charge < -0.3 is 10.4 Å². The molecule has 1 saturated carbocycles. The number of rotatable bonds is 5. The van der Waals surface area contributed by atoms with Gasteiger partial charge in [-0.3, -0.25) is 15.0 Å². The fourth-order valence-electron chi connectivity index (χ4n) is 2.32. The number of hydrogen-bond donors (Lipinski definition) is 3. The van der Waals surface area contributed by atoms with Gasteiger partial charge in [-0.25, -0.2) is 4.79 Å². The van der Waals surface area contributed by atoms with Gasteiger partial charge in [-0.15, -0.1) is 6.58 Å². The highest BCUT2D eigenvalue weighted by molar-refractivity contribution is 5.95. The Balaban J connectivity index is 2.34. The molecule has 1 fully saturated rings. The minimum Gasteiger partial charge on any atom is -0.391 e. The van der Waals surface area contributed by atoms with Gasteiger partial charge in [0.2, 0.25) is 5.91 Å². The molecule has 6 heteroatoms. The number of urea groups is 1. The second-order valence-corrected chi connectivity index (χ2v) is 4.88. The molecule has 0 aromatic heterocycles. The first-order chi connectivity index (χ1) is 9.04. The maximum absolute atomic E-state index is 11.7. The van der Waals surface area contributed by atoms with E-state index >= 15 is 0 Å². The van der Waals surface area contributed by atoms with Gasteiger partial charge >= 0.3 is 6.03 Å². The van der Waals surface area contributed by atoms with Crippen LogP contribution in [0.25, 0.3) is 0 Å². The lowest BCUT2D eigenvalue weighted by Gasteiger charge is -2.34. The molecule has 6 nitrogen and oxygen atoms in total. The number of aliphatic hydroxyl groups is 1. The summed E-state index contributed by atoms with van der Waals surface area (Å²) in [6.45, 7) is 3.88. The van der Waals surface area contributed by atoms with Crippen LogP contribution in [-0.4, -0.2) is 54.2 Å². The highest BCUT2D eigenvalue weighted by Crippen LogP contribution is 2.21. The van der Waals surface area contributed by atoms with Gasteiger partial charge in [0.15, 0.2) is 0 Å². The number of nitrogens with zero attached hydrogens (tertiary/aromatic N) is 1. The van der Waals surface area contributed by atoms with Crippen LogP contribution in [0, 0.1) is 0 Å². The van der Waals surface area contributed by atoms with Crippen LogP contribution in [0.5, 0.6) is 0 Å². The van der Waals surface area contributed by atoms with Crippen molar-refractivity contribution in [2.45, 2.75) is 37.8 Å². The molecular formula is C13H23N3O3. The quantitative estimate of drug-likeness (QED) is 0.624. The third-order valence-corrected chi connectivity index (χ3v) is 3.31. The average molecular weight is 269 g/mol. The summed E-state index contributed by atoms with van der Waals surface area (Å²) >= 11 is 0. The number of imide groups is 1. The van der Waals surface area contributed by atoms with Crippen molar-refractivity contribution < 1.29 is 14.7 Å². The topological polar surface area (TPSA) is 81.7 Å². The van der Waals surface area contributed by atoms with E-state index in [9.17, 15) is 14.7 Å². The van der Waals surface area contributed by atoms with Crippen LogP contribution in [0.4, 0.5) is 4.79 Å². The summed E-state index contributed by atoms with van der Waals surface area (Å²) in [7, 11) is 1.79. The fraction of sp³-hybridized carbons (Fsp3) is 0.692. The maximum Gasteiger partial charge on any atom is 0.321 e. The maximum atomic E-state index is 11.7. The van der Waals surface area contributed by atoms with Crippen molar-refractivity contribution in [2.24, 2.45) is 0 Å². The van der Waals surface area contributed by atoms with Crippen LogP contribution in [0.1, 0.15) is 25.7 Å². The molecule has 108 valence electrons. The standard InChI is InChI=1S/C13H23N3O3/c1-3-8-14-13(19)15-12(18)9-16(2)10-6-4-5-7-11(10)17/h3,10-11,17H,1,4-9H2,2H3,(H2,14,15,18,19). The Hall–Kier alpha value is -1.40. The Morgan fingerprint density at radius 2 is 2.11 bits per heavy atom. The summed E-state index contributed by atoms with van der Waals surface area (Å²) in [5.41, 5.74) is 0. The van der Waals surface area contributed by atoms with Crippen LogP contribution in [0.15, 0.2) is 12.7 Å². The van der Waals surface area contributed by atoms with Crippen LogP contribution < -0.4 is 10.6 Å². The molecule has 1 aliphatic carbocycles. The van der Waals surface area contributed by atoms with Crippen molar-refractivity contribution >= 4 is 11.9 Å². The normalized spacial score (nSPS) is 22.9. The molecule has 0 radical (unpaired) electrons. The predicted molar refractivity (Wildman–Crippen MR) is 72.6 cm³/mol. The Morgan fingerprint density at radius 1 is 1.42 bits per heavy atom. The number of carbonyl (C=O) groups excluding carboxylic acids is 2. The number of aliphatic hydroxyl groups excluding tert-OH is 1. The van der Waals surface area contributed by atoms with Crippen molar-refractivity contribution in [3.05, 3.63) is 12.7 Å². The molecule has 0 aliphatic heterocycles. The molecule has 1 rings (SSSR count). The van der Waals surface area contributed by atoms with Gasteiger partial charge in [-0.1, -0.05) is 18.9 Å². The van der Waals surface area contributed by atoms with Crippen LogP contribution in [0.3, 0.4) is 0 Å². The SMILES string of the molecule is C=CCNC(=O)NC(=O)CN(C)C1CCCCC1O. The zero-order valence-electron chi connectivity index (χ0n) is 11.4. The van der Waals surface area contributed by atoms with Gasteiger partial charge in [0.05, 0.1) is 12.6 Å². The number of hydrogen-bond acceptors (Lipinski definition) is 4. The van der Waals surface area contributed by atoms with E-state index in [-0.39, 0.29) is 24.6 Å². The molecular weight excluding hydrogens is 246 g/mol. The van der Waals surface area contributed by atoms with E-state index in [0.717, 1.165) is 25.7 Å². The minimum absolute atomic E-state index is 0.00395. The zero-order chi connectivity index (χ0) is 14.3. The van der Waals surface area contributed by atoms with Gasteiger partial charge in [-0.2, -0.15) is 0 Å². The van der Waals surface area contributed by atoms with Crippen LogP contribution in [-0.2, 0) is 4.79 Å². The fourth-order valence-corrected chi connectivity index (χ4v) is 2.32. The second kappa shape index (κ2) is 7.91. The van der Waals surface area contributed by atoms with E-state index in [4.69, 9.17) is 0 Å². The van der Waals surface area contributed by atoms with Crippen molar-refractivity contribution in [1.82, 2.24) is 15.5 Å². The molecule has 2 atom stereocenters. The number of amides is 3. The lowest BCUT2D eigenvalue weighted by Crippen LogP contribution is -2.49. The highest BCUT2D eigenvalue weighted by Gasteiger charge is 2.27. The molecule has 0 bridgehead atoms. The number of nitrogens with one attached hydrogen (secondary N) is 2. The zero-order valence-corrected chi connectivity index (χ0v) is 11.4. The largest absolute Gasteiger partial charge is 0.391 e. The smallest absolute Gasteiger partial charge is 0.321 e. The first-order valence-electron chi connectivity index (χ1n) is 6.61. The van der Waals surface area contributed by atoms with Crippen LogP contribution >= 0.6 is 0 Å². The van der Waals surface area contributed by atoms with Gasteiger partial charge in [0.1, 0.15) is 0 Å². The van der Waals surface area contributed by atoms with E-state index in [1.165, 1.54) is 6.08 Å². The summed E-state index contributed by atoms with van der Waals surface area (Å²) in [4.78, 5) is 24.7. The van der Waals surface area contributed by atoms with E-state index in [2.05, 4.69) is 17.2 Å². The van der Waals surface area contributed by atoms with Crippen molar-refractivity contribution in [3.63, 3.8) is 0 Å². The van der Waals surface area contributed by atoms with E-state index in [1.54, 1.807) is 11.9 Å². The Labute approximate surface area is 113 Å². The molecule has 0 heterocycles. The van der Waals surface area contributed by atoms with E-state index < -0.39 is 6.03 Å². The summed E-state index contributed by atoms with van der Waals surface area (Å²) in [5.74, 6) is -0.373. The van der Waals surface area contributed by atoms with Crippen molar-refractivity contribution in [3.8, 4) is 0 Å². The molecule has 2 unspecified atom stereocenters. The van der Waals surface area contributed by atoms with Crippen molar-refractivity contribution in [1.29, 1.82) is 0 Å². The predicted octanol–water partition coefficient (Wildman–Crippen LogP) is 0.234. The highest BCUT2D eigenvalue weighted by atomic mass is 16.3. The molecule has 0 saturated heterocycles. The molecule has 19 heavy (non-hydrogen) atoms. The van der Waals surface area contributed by atoms with Gasteiger partial charge in [-0.05, 0) is 19.9 Å². The Kier molecular flexibility index (Phi) is 6.52. The molecule has 0 aromatic rings. The summed E-state index contributed by atoms with van der Waals surface area (Å²) in [5, 5.41) is 14.6. The summed E-state index contributed by atoms with van der Waals surface area (Å²) in [6.07, 6.45) is 4.90. The average Bonchev–Trinajstić information content (AvgIpc) is 2.36. The third kappa shape index (κ3) is 5.40. The van der Waals surface area contributed by atoms with Crippen LogP contribution in [0.2, 0.25) is 0 Å². The monoisotopic (exact) mass is 269 g/mol. The Bertz CT molecular complexity index is 333. The summed E-state index contributed by atoms with van der Waals surface area (Å²) in [6, 6.07) is -0.529. The van der Waals surface area contributed by atoms with Crippen molar-refractivity contribution in [2.75, 3.05) is 20.1 Å². The number of likely N-dealkylation sites (N-methyl/N-ethyl adjacent to an activating group) is 1. The molecule has 3 amide bonds. The van der Waals surface area contributed by atoms with Gasteiger partial charge in [0, 0.05) is 12.6 Å². The molecule has 0 spiro atoms. The third-order valence-electron chi connectivity index (χ3n) is 3.31. The summed E-state index contributed by atoms with van der Waals surface area (Å²) < 4.78 is 0. The van der Waals surface area contributed by atoms with Gasteiger partial charge in [0.25, 0.3) is 0 Å². The van der Waals surface area contributed by atoms with E-state index in [1.807, 2.05) is 0 Å². The second-order valence-electron chi connectivity index (χ2n) is 4.88. The lowest BCUT2D eigenvalue weighted by atomic mass is 9.91. The Morgan fingerprint density at radius 3 is 2.74 bits per heavy atom. The first kappa shape index (κ1) is 15.7. The number of carbonyl (C=O) groups is 2. The minimum atomic E-state index is -0.525. The molecule has 3 N–H and O–H groups in total. The van der Waals surface area contributed by atoms with E-state index in [0.29, 0.717) is 6.54 Å².